The SMILES string of the molecule is NC(=O)c1ccc(NC(=O)N2CCOC(c3ccc(Cl)c(Cl)c3)C2)cn1. The van der Waals surface area contributed by atoms with Crippen LogP contribution in [-0.4, -0.2) is 41.5 Å². The maximum Gasteiger partial charge on any atom is 0.322 e. The highest BCUT2D eigenvalue weighted by Gasteiger charge is 2.26. The van der Waals surface area contributed by atoms with Gasteiger partial charge in [0.05, 0.1) is 35.1 Å². The summed E-state index contributed by atoms with van der Waals surface area (Å²) in [5, 5.41) is 3.65. The van der Waals surface area contributed by atoms with E-state index in [1.807, 2.05) is 6.07 Å². The summed E-state index contributed by atoms with van der Waals surface area (Å²) in [5.74, 6) is -0.625. The molecule has 136 valence electrons. The van der Waals surface area contributed by atoms with E-state index < -0.39 is 5.91 Å². The second kappa shape index (κ2) is 7.90. The van der Waals surface area contributed by atoms with Gasteiger partial charge in [0.25, 0.3) is 5.91 Å². The van der Waals surface area contributed by atoms with Gasteiger partial charge in [-0.3, -0.25) is 4.79 Å². The van der Waals surface area contributed by atoms with Gasteiger partial charge < -0.3 is 20.7 Å². The Morgan fingerprint density at radius 3 is 2.69 bits per heavy atom. The van der Waals surface area contributed by atoms with E-state index in [0.717, 1.165) is 5.56 Å². The summed E-state index contributed by atoms with van der Waals surface area (Å²) in [6.07, 6.45) is 1.09. The number of hydrogen-bond donors (Lipinski definition) is 2. The third kappa shape index (κ3) is 4.24. The fourth-order valence-corrected chi connectivity index (χ4v) is 2.87. The Bertz CT molecular complexity index is 829. The highest BCUT2D eigenvalue weighted by Crippen LogP contribution is 2.29. The Hall–Kier alpha value is -2.35. The van der Waals surface area contributed by atoms with Crippen LogP contribution in [0.5, 0.6) is 0 Å². The number of morpholine rings is 1. The number of halogens is 2. The summed E-state index contributed by atoms with van der Waals surface area (Å²) in [5.41, 5.74) is 6.60. The summed E-state index contributed by atoms with van der Waals surface area (Å²) in [6, 6.07) is 8.01. The molecule has 1 fully saturated rings. The van der Waals surface area contributed by atoms with E-state index in [1.54, 1.807) is 23.1 Å². The largest absolute Gasteiger partial charge is 0.370 e. The first-order valence-electron chi connectivity index (χ1n) is 7.82. The van der Waals surface area contributed by atoms with Gasteiger partial charge in [0.15, 0.2) is 0 Å². The van der Waals surface area contributed by atoms with Crippen LogP contribution in [0.15, 0.2) is 36.5 Å². The quantitative estimate of drug-likeness (QED) is 0.835. The Balaban J connectivity index is 1.65. The normalized spacial score (nSPS) is 17.0. The molecule has 2 aromatic rings. The molecule has 0 saturated carbocycles. The van der Waals surface area contributed by atoms with E-state index in [-0.39, 0.29) is 17.8 Å². The first-order valence-corrected chi connectivity index (χ1v) is 8.58. The van der Waals surface area contributed by atoms with Gasteiger partial charge in [-0.25, -0.2) is 9.78 Å². The third-order valence-corrected chi connectivity index (χ3v) is 4.68. The van der Waals surface area contributed by atoms with Gasteiger partial charge in [0, 0.05) is 6.54 Å². The second-order valence-electron chi connectivity index (χ2n) is 5.71. The predicted octanol–water partition coefficient (Wildman–Crippen LogP) is 3.09. The first kappa shape index (κ1) is 18.4. The van der Waals surface area contributed by atoms with E-state index in [4.69, 9.17) is 33.7 Å². The molecule has 0 radical (unpaired) electrons. The fourth-order valence-electron chi connectivity index (χ4n) is 2.56. The maximum atomic E-state index is 12.5. The van der Waals surface area contributed by atoms with E-state index in [9.17, 15) is 9.59 Å². The summed E-state index contributed by atoms with van der Waals surface area (Å²) in [4.78, 5) is 29.0. The number of carbonyl (C=O) groups excluding carboxylic acids is 2. The number of carbonyl (C=O) groups is 2. The van der Waals surface area contributed by atoms with Gasteiger partial charge in [-0.1, -0.05) is 29.3 Å². The standard InChI is InChI=1S/C17H16Cl2N4O3/c18-12-3-1-10(7-13(12)19)15-9-23(5-6-26-15)17(25)22-11-2-4-14(16(20)24)21-8-11/h1-4,7-8,15H,5-6,9H2,(H2,20,24)(H,22,25). The fraction of sp³-hybridized carbons (Fsp3) is 0.235. The molecule has 7 nitrogen and oxygen atoms in total. The second-order valence-corrected chi connectivity index (χ2v) is 6.52. The minimum absolute atomic E-state index is 0.133. The van der Waals surface area contributed by atoms with Crippen molar-refractivity contribution in [2.24, 2.45) is 5.73 Å². The minimum atomic E-state index is -0.625. The predicted molar refractivity (Wildman–Crippen MR) is 98.5 cm³/mol. The molecule has 3 rings (SSSR count). The van der Waals surface area contributed by atoms with Gasteiger partial charge in [-0.05, 0) is 29.8 Å². The smallest absolute Gasteiger partial charge is 0.322 e. The van der Waals surface area contributed by atoms with Gasteiger partial charge in [0.2, 0.25) is 0 Å². The number of primary amides is 1. The van der Waals surface area contributed by atoms with Crippen molar-refractivity contribution in [2.45, 2.75) is 6.10 Å². The monoisotopic (exact) mass is 394 g/mol. The highest BCUT2D eigenvalue weighted by molar-refractivity contribution is 6.42. The van der Waals surface area contributed by atoms with Crippen molar-refractivity contribution in [3.05, 3.63) is 57.8 Å². The van der Waals surface area contributed by atoms with Crippen molar-refractivity contribution in [2.75, 3.05) is 25.0 Å². The molecular formula is C17H16Cl2N4O3. The zero-order chi connectivity index (χ0) is 18.7. The maximum absolute atomic E-state index is 12.5. The van der Waals surface area contributed by atoms with Crippen molar-refractivity contribution in [3.63, 3.8) is 0 Å². The number of hydrogen-bond acceptors (Lipinski definition) is 4. The van der Waals surface area contributed by atoms with Crippen LogP contribution in [0.1, 0.15) is 22.2 Å². The van der Waals surface area contributed by atoms with Crippen molar-refractivity contribution in [1.82, 2.24) is 9.88 Å². The number of pyridine rings is 1. The Morgan fingerprint density at radius 2 is 2.04 bits per heavy atom. The number of nitrogens with one attached hydrogen (secondary N) is 1. The molecule has 1 unspecified atom stereocenters. The number of benzene rings is 1. The average molecular weight is 395 g/mol. The number of urea groups is 1. The van der Waals surface area contributed by atoms with Crippen LogP contribution in [0.2, 0.25) is 10.0 Å². The number of ether oxygens (including phenoxy) is 1. The van der Waals surface area contributed by atoms with Crippen molar-refractivity contribution < 1.29 is 14.3 Å². The van der Waals surface area contributed by atoms with Gasteiger partial charge in [-0.15, -0.1) is 0 Å². The van der Waals surface area contributed by atoms with Crippen LogP contribution < -0.4 is 11.1 Å². The Kier molecular flexibility index (Phi) is 5.61. The molecule has 1 aliphatic heterocycles. The Morgan fingerprint density at radius 1 is 1.23 bits per heavy atom. The van der Waals surface area contributed by atoms with Crippen LogP contribution in [-0.2, 0) is 4.74 Å². The molecule has 1 atom stereocenters. The molecule has 26 heavy (non-hydrogen) atoms. The van der Waals surface area contributed by atoms with E-state index in [1.165, 1.54) is 12.3 Å². The first-order chi connectivity index (χ1) is 12.4. The lowest BCUT2D eigenvalue weighted by molar-refractivity contribution is -0.0135. The topological polar surface area (TPSA) is 97.5 Å². The van der Waals surface area contributed by atoms with Crippen LogP contribution in [0.25, 0.3) is 0 Å². The van der Waals surface area contributed by atoms with E-state index in [0.29, 0.717) is 35.4 Å². The molecule has 1 aromatic carbocycles. The summed E-state index contributed by atoms with van der Waals surface area (Å²) in [7, 11) is 0. The number of anilines is 1. The summed E-state index contributed by atoms with van der Waals surface area (Å²) >= 11 is 12.0. The van der Waals surface area contributed by atoms with Gasteiger partial charge >= 0.3 is 6.03 Å². The van der Waals surface area contributed by atoms with Crippen molar-refractivity contribution >= 4 is 40.8 Å². The van der Waals surface area contributed by atoms with Crippen molar-refractivity contribution in [3.8, 4) is 0 Å². The Labute approximate surface area is 160 Å². The highest BCUT2D eigenvalue weighted by atomic mass is 35.5. The summed E-state index contributed by atoms with van der Waals surface area (Å²) in [6.45, 7) is 1.23. The molecule has 3 amide bonds. The summed E-state index contributed by atoms with van der Waals surface area (Å²) < 4.78 is 5.74. The molecule has 1 saturated heterocycles. The molecule has 2 heterocycles. The zero-order valence-electron chi connectivity index (χ0n) is 13.6. The molecule has 3 N–H and O–H groups in total. The number of nitrogens with two attached hydrogens (primary N) is 1. The van der Waals surface area contributed by atoms with Crippen molar-refractivity contribution in [1.29, 1.82) is 0 Å². The molecule has 0 bridgehead atoms. The number of nitrogens with zero attached hydrogens (tertiary/aromatic N) is 2. The van der Waals surface area contributed by atoms with Crippen LogP contribution in [0.3, 0.4) is 0 Å². The van der Waals surface area contributed by atoms with E-state index >= 15 is 0 Å². The number of aromatic nitrogens is 1. The molecular weight excluding hydrogens is 379 g/mol. The van der Waals surface area contributed by atoms with E-state index in [2.05, 4.69) is 10.3 Å². The lowest BCUT2D eigenvalue weighted by Gasteiger charge is -2.33. The molecule has 0 aliphatic carbocycles. The van der Waals surface area contributed by atoms with Crippen LogP contribution in [0, 0.1) is 0 Å². The molecule has 9 heteroatoms. The lowest BCUT2D eigenvalue weighted by atomic mass is 10.1. The molecule has 1 aliphatic rings. The zero-order valence-corrected chi connectivity index (χ0v) is 15.1. The lowest BCUT2D eigenvalue weighted by Crippen LogP contribution is -2.44. The van der Waals surface area contributed by atoms with Crippen LogP contribution >= 0.6 is 23.2 Å². The number of amides is 3. The van der Waals surface area contributed by atoms with Gasteiger partial charge in [0.1, 0.15) is 11.8 Å². The number of rotatable bonds is 3. The average Bonchev–Trinajstić information content (AvgIpc) is 2.64. The van der Waals surface area contributed by atoms with Gasteiger partial charge in [-0.2, -0.15) is 0 Å². The molecule has 0 spiro atoms. The third-order valence-electron chi connectivity index (χ3n) is 3.94. The van der Waals surface area contributed by atoms with Crippen LogP contribution in [0.4, 0.5) is 10.5 Å². The minimum Gasteiger partial charge on any atom is -0.370 e. The molecule has 1 aromatic heterocycles.